The number of anilines is 1. The van der Waals surface area contributed by atoms with Crippen molar-refractivity contribution in [3.05, 3.63) is 29.5 Å². The van der Waals surface area contributed by atoms with Crippen molar-refractivity contribution in [2.75, 3.05) is 25.1 Å². The van der Waals surface area contributed by atoms with Crippen LogP contribution in [-0.2, 0) is 23.8 Å². The second-order valence-corrected chi connectivity index (χ2v) is 6.12. The Hall–Kier alpha value is -3.23. The summed E-state index contributed by atoms with van der Waals surface area (Å²) in [5.41, 5.74) is 0.327. The molecule has 144 valence electrons. The molecule has 0 atom stereocenters. The molecule has 1 aromatic carbocycles. The maximum atomic E-state index is 12.1. The summed E-state index contributed by atoms with van der Waals surface area (Å²) >= 11 is 0. The molecule has 1 N–H and O–H groups in total. The van der Waals surface area contributed by atoms with Gasteiger partial charge in [-0.15, -0.1) is 0 Å². The first-order chi connectivity index (χ1) is 12.8. The van der Waals surface area contributed by atoms with Crippen LogP contribution in [0.15, 0.2) is 23.9 Å². The molecule has 0 aromatic heterocycles. The van der Waals surface area contributed by atoms with Crippen LogP contribution >= 0.6 is 0 Å². The predicted molar refractivity (Wildman–Crippen MR) is 91.4 cm³/mol. The summed E-state index contributed by atoms with van der Waals surface area (Å²) in [6, 6.07) is 3.06. The molecule has 9 heteroatoms. The summed E-state index contributed by atoms with van der Waals surface area (Å²) < 4.78 is 26.2. The van der Waals surface area contributed by atoms with Gasteiger partial charge >= 0.3 is 17.9 Å². The van der Waals surface area contributed by atoms with Gasteiger partial charge in [-0.3, -0.25) is 0 Å². The van der Waals surface area contributed by atoms with Crippen molar-refractivity contribution in [1.82, 2.24) is 0 Å². The molecule has 1 fully saturated rings. The molecule has 1 saturated heterocycles. The zero-order valence-electron chi connectivity index (χ0n) is 15.1. The van der Waals surface area contributed by atoms with Crippen molar-refractivity contribution in [2.45, 2.75) is 26.6 Å². The topological polar surface area (TPSA) is 109 Å². The van der Waals surface area contributed by atoms with Gasteiger partial charge in [0.2, 0.25) is 0 Å². The lowest BCUT2D eigenvalue weighted by atomic mass is 10.1. The third-order valence-corrected chi connectivity index (χ3v) is 3.67. The molecule has 0 amide bonds. The van der Waals surface area contributed by atoms with Gasteiger partial charge < -0.3 is 29.0 Å². The first-order valence-electron chi connectivity index (χ1n) is 8.35. The second kappa shape index (κ2) is 7.18. The van der Waals surface area contributed by atoms with E-state index in [0.717, 1.165) is 6.20 Å². The van der Waals surface area contributed by atoms with E-state index in [2.05, 4.69) is 5.32 Å². The highest BCUT2D eigenvalue weighted by molar-refractivity contribution is 6.15. The predicted octanol–water partition coefficient (Wildman–Crippen LogP) is 1.77. The van der Waals surface area contributed by atoms with Crippen molar-refractivity contribution in [3.63, 3.8) is 0 Å². The van der Waals surface area contributed by atoms with Gasteiger partial charge in [0.05, 0.1) is 12.3 Å². The van der Waals surface area contributed by atoms with E-state index in [-0.39, 0.29) is 42.5 Å². The summed E-state index contributed by atoms with van der Waals surface area (Å²) in [5, 5.41) is 2.81. The lowest BCUT2D eigenvalue weighted by Gasteiger charge is -2.29. The van der Waals surface area contributed by atoms with Crippen LogP contribution in [0.3, 0.4) is 0 Å². The van der Waals surface area contributed by atoms with E-state index < -0.39 is 23.7 Å². The normalized spacial score (nSPS) is 17.5. The Morgan fingerprint density at radius 1 is 1.15 bits per heavy atom. The van der Waals surface area contributed by atoms with Gasteiger partial charge in [-0.1, -0.05) is 0 Å². The van der Waals surface area contributed by atoms with Gasteiger partial charge in [0.25, 0.3) is 5.79 Å². The minimum Gasteiger partial charge on any atom is -0.485 e. The van der Waals surface area contributed by atoms with Crippen molar-refractivity contribution >= 4 is 23.6 Å². The molecule has 2 aliphatic heterocycles. The number of ether oxygens (including phenoxy) is 5. The van der Waals surface area contributed by atoms with Crippen molar-refractivity contribution in [1.29, 1.82) is 0 Å². The standard InChI is InChI=1S/C18H19NO8/c1-4-23-15(20)10-5-6-12(14-13(10)24-7-8-25-14)19-9-11-16(21)26-18(2,3)27-17(11)22/h5-6,9,19H,4,7-8H2,1-3H3. The molecule has 0 aliphatic carbocycles. The Kier molecular flexibility index (Phi) is 4.93. The molecule has 0 unspecified atom stereocenters. The lowest BCUT2D eigenvalue weighted by Crippen LogP contribution is -2.42. The number of carbonyl (C=O) groups is 3. The summed E-state index contributed by atoms with van der Waals surface area (Å²) in [4.78, 5) is 36.1. The summed E-state index contributed by atoms with van der Waals surface area (Å²) in [6.45, 7) is 5.40. The number of hydrogen-bond acceptors (Lipinski definition) is 9. The van der Waals surface area contributed by atoms with Gasteiger partial charge in [0.1, 0.15) is 18.8 Å². The minimum atomic E-state index is -1.32. The summed E-state index contributed by atoms with van der Waals surface area (Å²) in [5.74, 6) is -2.95. The van der Waals surface area contributed by atoms with Crippen LogP contribution in [0.1, 0.15) is 31.1 Å². The Bertz CT molecular complexity index is 805. The quantitative estimate of drug-likeness (QED) is 0.477. The molecule has 2 aliphatic rings. The van der Waals surface area contributed by atoms with Gasteiger partial charge in [-0.2, -0.15) is 0 Å². The fraction of sp³-hybridized carbons (Fsp3) is 0.389. The van der Waals surface area contributed by atoms with E-state index in [1.165, 1.54) is 19.9 Å². The van der Waals surface area contributed by atoms with E-state index in [9.17, 15) is 14.4 Å². The molecular formula is C18H19NO8. The van der Waals surface area contributed by atoms with Crippen molar-refractivity contribution in [2.24, 2.45) is 0 Å². The van der Waals surface area contributed by atoms with E-state index in [4.69, 9.17) is 23.7 Å². The number of esters is 3. The van der Waals surface area contributed by atoms with Crippen LogP contribution in [0.25, 0.3) is 0 Å². The molecule has 0 radical (unpaired) electrons. The van der Waals surface area contributed by atoms with Crippen molar-refractivity contribution in [3.8, 4) is 11.5 Å². The van der Waals surface area contributed by atoms with Gasteiger partial charge in [-0.05, 0) is 19.1 Å². The fourth-order valence-corrected chi connectivity index (χ4v) is 2.55. The maximum absolute atomic E-state index is 12.1. The Morgan fingerprint density at radius 2 is 1.78 bits per heavy atom. The van der Waals surface area contributed by atoms with E-state index >= 15 is 0 Å². The van der Waals surface area contributed by atoms with Gasteiger partial charge in [0.15, 0.2) is 17.1 Å². The smallest absolute Gasteiger partial charge is 0.350 e. The highest BCUT2D eigenvalue weighted by Crippen LogP contribution is 2.41. The SMILES string of the molecule is CCOC(=O)c1ccc(NC=C2C(=O)OC(C)(C)OC2=O)c2c1OCCO2. The lowest BCUT2D eigenvalue weighted by molar-refractivity contribution is -0.222. The van der Waals surface area contributed by atoms with E-state index in [0.29, 0.717) is 5.69 Å². The van der Waals surface area contributed by atoms with Crippen LogP contribution in [0.2, 0.25) is 0 Å². The first kappa shape index (κ1) is 18.6. The molecule has 1 aromatic rings. The Morgan fingerprint density at radius 3 is 2.41 bits per heavy atom. The molecule has 3 rings (SSSR count). The molecular weight excluding hydrogens is 358 g/mol. The van der Waals surface area contributed by atoms with Crippen molar-refractivity contribution < 1.29 is 38.1 Å². The average molecular weight is 377 g/mol. The van der Waals surface area contributed by atoms with E-state index in [1.807, 2.05) is 0 Å². The minimum absolute atomic E-state index is 0.223. The first-order valence-corrected chi connectivity index (χ1v) is 8.35. The number of fused-ring (bicyclic) bond motifs is 1. The molecule has 27 heavy (non-hydrogen) atoms. The molecule has 2 heterocycles. The number of benzene rings is 1. The molecule has 9 nitrogen and oxygen atoms in total. The largest absolute Gasteiger partial charge is 0.485 e. The Balaban J connectivity index is 1.89. The zero-order valence-corrected chi connectivity index (χ0v) is 15.1. The van der Waals surface area contributed by atoms with E-state index in [1.54, 1.807) is 13.0 Å². The fourth-order valence-electron chi connectivity index (χ4n) is 2.55. The number of cyclic esters (lactones) is 2. The third-order valence-electron chi connectivity index (χ3n) is 3.67. The molecule has 0 saturated carbocycles. The van der Waals surface area contributed by atoms with Gasteiger partial charge in [-0.25, -0.2) is 14.4 Å². The summed E-state index contributed by atoms with van der Waals surface area (Å²) in [7, 11) is 0. The highest BCUT2D eigenvalue weighted by Gasteiger charge is 2.39. The molecule has 0 spiro atoms. The van der Waals surface area contributed by atoms with Crippen LogP contribution in [0.4, 0.5) is 5.69 Å². The number of rotatable bonds is 4. The third kappa shape index (κ3) is 3.81. The second-order valence-electron chi connectivity index (χ2n) is 6.12. The number of hydrogen-bond donors (Lipinski definition) is 1. The van der Waals surface area contributed by atoms with Crippen LogP contribution in [-0.4, -0.2) is 43.5 Å². The van der Waals surface area contributed by atoms with Crippen LogP contribution in [0, 0.1) is 0 Å². The maximum Gasteiger partial charge on any atom is 0.350 e. The zero-order chi connectivity index (χ0) is 19.6. The average Bonchev–Trinajstić information content (AvgIpc) is 2.60. The van der Waals surface area contributed by atoms with Crippen LogP contribution < -0.4 is 14.8 Å². The molecule has 0 bridgehead atoms. The Labute approximate surface area is 155 Å². The number of nitrogens with one attached hydrogen (secondary N) is 1. The van der Waals surface area contributed by atoms with Crippen LogP contribution in [0.5, 0.6) is 11.5 Å². The van der Waals surface area contributed by atoms with Gasteiger partial charge in [0, 0.05) is 20.0 Å². The monoisotopic (exact) mass is 377 g/mol. The highest BCUT2D eigenvalue weighted by atomic mass is 16.7. The number of carbonyl (C=O) groups excluding carboxylic acids is 3. The summed E-state index contributed by atoms with van der Waals surface area (Å²) in [6.07, 6.45) is 1.16.